The van der Waals surface area contributed by atoms with E-state index in [0.717, 1.165) is 21.8 Å². The van der Waals surface area contributed by atoms with E-state index in [9.17, 15) is 0 Å². The second kappa shape index (κ2) is 7.36. The van der Waals surface area contributed by atoms with E-state index < -0.39 is 0 Å². The first kappa shape index (κ1) is 17.0. The van der Waals surface area contributed by atoms with Crippen molar-refractivity contribution in [2.24, 2.45) is 4.99 Å². The fourth-order valence-corrected chi connectivity index (χ4v) is 3.18. The van der Waals surface area contributed by atoms with Crippen molar-refractivity contribution in [1.29, 1.82) is 5.41 Å². The van der Waals surface area contributed by atoms with Crippen LogP contribution in [0.3, 0.4) is 0 Å². The Bertz CT molecular complexity index is 957. The van der Waals surface area contributed by atoms with Crippen LogP contribution in [0.25, 0.3) is 0 Å². The monoisotopic (exact) mass is 352 g/mol. The van der Waals surface area contributed by atoms with Gasteiger partial charge in [0.2, 0.25) is 5.96 Å². The van der Waals surface area contributed by atoms with E-state index in [1.165, 1.54) is 11.5 Å². The zero-order chi connectivity index (χ0) is 17.8. The zero-order valence-electron chi connectivity index (χ0n) is 14.4. The summed E-state index contributed by atoms with van der Waals surface area (Å²) in [6.45, 7) is 3.99. The summed E-state index contributed by atoms with van der Waals surface area (Å²) in [6.07, 6.45) is 0. The molecule has 0 bridgehead atoms. The zero-order valence-corrected chi connectivity index (χ0v) is 15.2. The summed E-state index contributed by atoms with van der Waals surface area (Å²) in [5, 5.41) is 11.5. The Kier molecular flexibility index (Phi) is 5.00. The highest BCUT2D eigenvalue weighted by Crippen LogP contribution is 2.28. The number of hydrogen-bond donors (Lipinski definition) is 2. The molecule has 0 atom stereocenters. The van der Waals surface area contributed by atoms with Gasteiger partial charge in [-0.1, -0.05) is 35.8 Å². The highest BCUT2D eigenvalue weighted by Gasteiger charge is 2.10. The van der Waals surface area contributed by atoms with Crippen LogP contribution in [0.2, 0.25) is 0 Å². The van der Waals surface area contributed by atoms with Crippen LogP contribution in [0.5, 0.6) is 5.75 Å². The average Bonchev–Trinajstić information content (AvgIpc) is 2.94. The van der Waals surface area contributed by atoms with Gasteiger partial charge >= 0.3 is 0 Å². The third-order valence-electron chi connectivity index (χ3n) is 3.58. The Hall–Kier alpha value is -2.86. The number of aryl methyl sites for hydroxylation is 2. The van der Waals surface area contributed by atoms with Crippen LogP contribution < -0.4 is 15.5 Å². The normalized spacial score (nSPS) is 11.4. The van der Waals surface area contributed by atoms with Gasteiger partial charge < -0.3 is 10.1 Å². The van der Waals surface area contributed by atoms with E-state index in [1.54, 1.807) is 11.1 Å². The van der Waals surface area contributed by atoms with Gasteiger partial charge in [-0.2, -0.15) is 0 Å². The largest absolute Gasteiger partial charge is 0.494 e. The third-order valence-corrected chi connectivity index (χ3v) is 4.54. The van der Waals surface area contributed by atoms with Crippen molar-refractivity contribution >= 4 is 28.9 Å². The number of methoxy groups -OCH3 is 1. The lowest BCUT2D eigenvalue weighted by Crippen LogP contribution is -2.28. The molecule has 0 saturated heterocycles. The van der Waals surface area contributed by atoms with E-state index >= 15 is 0 Å². The average molecular weight is 352 g/mol. The lowest BCUT2D eigenvalue weighted by molar-refractivity contribution is 0.416. The van der Waals surface area contributed by atoms with Crippen molar-refractivity contribution in [2.45, 2.75) is 13.8 Å². The van der Waals surface area contributed by atoms with Gasteiger partial charge in [0, 0.05) is 10.6 Å². The van der Waals surface area contributed by atoms with Crippen molar-refractivity contribution < 1.29 is 4.74 Å². The predicted molar refractivity (Wildman–Crippen MR) is 103 cm³/mol. The van der Waals surface area contributed by atoms with Crippen LogP contribution in [-0.2, 0) is 0 Å². The number of para-hydroxylation sites is 1. The number of aliphatic imine (C=N–C) groups is 1. The second-order valence-electron chi connectivity index (χ2n) is 5.63. The summed E-state index contributed by atoms with van der Waals surface area (Å²) in [7, 11) is 1.63. The molecular weight excluding hydrogens is 332 g/mol. The van der Waals surface area contributed by atoms with Crippen LogP contribution in [0.4, 0.5) is 11.4 Å². The van der Waals surface area contributed by atoms with Gasteiger partial charge in [-0.15, -0.1) is 0 Å². The summed E-state index contributed by atoms with van der Waals surface area (Å²) in [5.74, 6) is 1.26. The number of aromatic nitrogens is 1. The maximum absolute atomic E-state index is 8.22. The third kappa shape index (κ3) is 3.97. The molecule has 3 aromatic rings. The van der Waals surface area contributed by atoms with Crippen molar-refractivity contribution in [3.63, 3.8) is 0 Å². The van der Waals surface area contributed by atoms with Gasteiger partial charge in [-0.05, 0) is 49.7 Å². The molecular formula is C19H20N4OS. The van der Waals surface area contributed by atoms with Crippen LogP contribution in [0.15, 0.2) is 59.6 Å². The Morgan fingerprint density at radius 1 is 1.12 bits per heavy atom. The molecule has 0 amide bonds. The summed E-state index contributed by atoms with van der Waals surface area (Å²) in [5.41, 5.74) is 3.11. The molecule has 128 valence electrons. The molecule has 0 aliphatic carbocycles. The van der Waals surface area contributed by atoms with E-state index in [2.05, 4.69) is 5.32 Å². The number of anilines is 1. The number of nitrogens with one attached hydrogen (secondary N) is 2. The van der Waals surface area contributed by atoms with Gasteiger partial charge in [-0.25, -0.2) is 8.95 Å². The Balaban J connectivity index is 2.12. The molecule has 1 aromatic heterocycles. The number of benzene rings is 2. The highest BCUT2D eigenvalue weighted by atomic mass is 32.1. The topological polar surface area (TPSA) is 62.4 Å². The van der Waals surface area contributed by atoms with Crippen molar-refractivity contribution in [3.05, 3.63) is 70.5 Å². The maximum Gasteiger partial charge on any atom is 0.223 e. The molecule has 6 heteroatoms. The van der Waals surface area contributed by atoms with E-state index in [4.69, 9.17) is 15.1 Å². The number of rotatable bonds is 3. The maximum atomic E-state index is 8.22. The minimum absolute atomic E-state index is 0.385. The van der Waals surface area contributed by atoms with Crippen molar-refractivity contribution in [2.75, 3.05) is 12.4 Å². The van der Waals surface area contributed by atoms with Crippen LogP contribution in [-0.4, -0.2) is 17.0 Å². The highest BCUT2D eigenvalue weighted by molar-refractivity contribution is 7.07. The van der Waals surface area contributed by atoms with E-state index in [-0.39, 0.29) is 0 Å². The Morgan fingerprint density at radius 3 is 2.52 bits per heavy atom. The standard InChI is InChI=1S/C19H20N4OS/c1-13-9-10-17(24-3)16(11-13)22-19(21-15-7-5-4-6-8-15)23-18(20)12-14(2)25-23/h4-12,20H,1-3H3,(H,21,22). The molecule has 0 spiro atoms. The van der Waals surface area contributed by atoms with E-state index in [0.29, 0.717) is 17.2 Å². The van der Waals surface area contributed by atoms with Crippen LogP contribution in [0, 0.1) is 19.3 Å². The number of ether oxygens (including phenoxy) is 1. The molecule has 25 heavy (non-hydrogen) atoms. The smallest absolute Gasteiger partial charge is 0.223 e. The van der Waals surface area contributed by atoms with Gasteiger partial charge in [0.05, 0.1) is 7.11 Å². The van der Waals surface area contributed by atoms with Crippen LogP contribution in [0.1, 0.15) is 10.4 Å². The Labute approximate surface area is 150 Å². The molecule has 0 aliphatic heterocycles. The number of hydrogen-bond acceptors (Lipinski definition) is 4. The van der Waals surface area contributed by atoms with Gasteiger partial charge in [-0.3, -0.25) is 5.41 Å². The fourth-order valence-electron chi connectivity index (χ4n) is 2.40. The quantitative estimate of drug-likeness (QED) is 0.545. The fraction of sp³-hybridized carbons (Fsp3) is 0.158. The van der Waals surface area contributed by atoms with Gasteiger partial charge in [0.25, 0.3) is 0 Å². The molecule has 0 aliphatic rings. The summed E-state index contributed by atoms with van der Waals surface area (Å²) in [4.78, 5) is 5.81. The van der Waals surface area contributed by atoms with Gasteiger partial charge in [0.1, 0.15) is 16.9 Å². The molecule has 0 fully saturated rings. The summed E-state index contributed by atoms with van der Waals surface area (Å²) >= 11 is 1.47. The SMILES string of the molecule is COc1ccc(C)cc1N=C(Nc1ccccc1)n1sc(C)cc1=N. The minimum atomic E-state index is 0.385. The van der Waals surface area contributed by atoms with Crippen molar-refractivity contribution in [3.8, 4) is 5.75 Å². The predicted octanol–water partition coefficient (Wildman–Crippen LogP) is 4.30. The van der Waals surface area contributed by atoms with E-state index in [1.807, 2.05) is 68.4 Å². The first-order valence-electron chi connectivity index (χ1n) is 7.87. The molecule has 2 N–H and O–H groups in total. The lowest BCUT2D eigenvalue weighted by Gasteiger charge is -2.12. The lowest BCUT2D eigenvalue weighted by atomic mass is 10.2. The molecule has 1 heterocycles. The Morgan fingerprint density at radius 2 is 1.88 bits per heavy atom. The minimum Gasteiger partial charge on any atom is -0.494 e. The number of nitrogens with zero attached hydrogens (tertiary/aromatic N) is 2. The first-order chi connectivity index (χ1) is 12.1. The molecule has 2 aromatic carbocycles. The van der Waals surface area contributed by atoms with Crippen LogP contribution >= 0.6 is 11.5 Å². The summed E-state index contributed by atoms with van der Waals surface area (Å²) < 4.78 is 7.20. The first-order valence-corrected chi connectivity index (χ1v) is 8.64. The molecule has 5 nitrogen and oxygen atoms in total. The van der Waals surface area contributed by atoms with Gasteiger partial charge in [0.15, 0.2) is 0 Å². The second-order valence-corrected chi connectivity index (χ2v) is 6.82. The molecule has 3 rings (SSSR count). The molecule has 0 unspecified atom stereocenters. The molecule has 0 radical (unpaired) electrons. The van der Waals surface area contributed by atoms with Crippen molar-refractivity contribution in [1.82, 2.24) is 3.96 Å². The molecule has 0 saturated carbocycles. The summed E-state index contributed by atoms with van der Waals surface area (Å²) in [6, 6.07) is 17.5.